The number of ether oxygens (including phenoxy) is 2. The third kappa shape index (κ3) is 4.15. The maximum Gasteiger partial charge on any atom is 0.256 e. The van der Waals surface area contributed by atoms with Gasteiger partial charge in [0.1, 0.15) is 17.2 Å². The minimum atomic E-state index is -3.71. The SMILES string of the molecule is COc1cc(C(=O)Nc2cc(S(=O)(=O)N(C)C)ccc2O)cc(OC)c1C. The summed E-state index contributed by atoms with van der Waals surface area (Å²) in [6, 6.07) is 6.74. The van der Waals surface area contributed by atoms with E-state index < -0.39 is 15.9 Å². The van der Waals surface area contributed by atoms with Crippen molar-refractivity contribution in [1.29, 1.82) is 0 Å². The highest BCUT2D eigenvalue weighted by atomic mass is 32.2. The lowest BCUT2D eigenvalue weighted by Crippen LogP contribution is -2.22. The van der Waals surface area contributed by atoms with Crippen molar-refractivity contribution in [2.75, 3.05) is 33.6 Å². The van der Waals surface area contributed by atoms with Crippen molar-refractivity contribution < 1.29 is 27.8 Å². The molecule has 0 spiro atoms. The van der Waals surface area contributed by atoms with E-state index in [2.05, 4.69) is 5.32 Å². The van der Waals surface area contributed by atoms with E-state index in [1.165, 1.54) is 58.6 Å². The summed E-state index contributed by atoms with van der Waals surface area (Å²) in [6.45, 7) is 1.79. The van der Waals surface area contributed by atoms with Crippen LogP contribution < -0.4 is 14.8 Å². The number of carbonyl (C=O) groups is 1. The molecule has 0 aliphatic heterocycles. The molecule has 2 rings (SSSR count). The Balaban J connectivity index is 2.42. The Bertz CT molecular complexity index is 945. The number of aromatic hydroxyl groups is 1. The van der Waals surface area contributed by atoms with Crippen molar-refractivity contribution in [2.45, 2.75) is 11.8 Å². The minimum Gasteiger partial charge on any atom is -0.506 e. The summed E-state index contributed by atoms with van der Waals surface area (Å²) in [6.07, 6.45) is 0. The zero-order valence-corrected chi connectivity index (χ0v) is 16.5. The number of hydrogen-bond acceptors (Lipinski definition) is 6. The van der Waals surface area contributed by atoms with Crippen LogP contribution in [0.1, 0.15) is 15.9 Å². The number of phenols is 1. The first-order valence-electron chi connectivity index (χ1n) is 7.91. The topological polar surface area (TPSA) is 105 Å². The second-order valence-corrected chi connectivity index (χ2v) is 8.08. The van der Waals surface area contributed by atoms with Crippen molar-refractivity contribution in [2.24, 2.45) is 0 Å². The number of benzene rings is 2. The Morgan fingerprint density at radius 1 is 1.07 bits per heavy atom. The van der Waals surface area contributed by atoms with Gasteiger partial charge in [0.15, 0.2) is 0 Å². The number of anilines is 1. The van der Waals surface area contributed by atoms with Gasteiger partial charge in [-0.15, -0.1) is 0 Å². The standard InChI is InChI=1S/C18H22N2O6S/c1-11-16(25-4)8-12(9-17(11)26-5)18(22)19-14-10-13(6-7-15(14)21)27(23,24)20(2)3/h6-10,21H,1-5H3,(H,19,22). The van der Waals surface area contributed by atoms with Crippen molar-refractivity contribution in [3.05, 3.63) is 41.5 Å². The Kier molecular flexibility index (Phi) is 5.97. The number of nitrogens with one attached hydrogen (secondary N) is 1. The molecule has 1 amide bonds. The molecule has 9 heteroatoms. The van der Waals surface area contributed by atoms with Gasteiger partial charge in [-0.2, -0.15) is 0 Å². The number of amides is 1. The first-order valence-corrected chi connectivity index (χ1v) is 9.35. The molecule has 146 valence electrons. The highest BCUT2D eigenvalue weighted by molar-refractivity contribution is 7.89. The maximum atomic E-state index is 12.6. The molecule has 8 nitrogen and oxygen atoms in total. The molecule has 0 heterocycles. The van der Waals surface area contributed by atoms with Crippen molar-refractivity contribution in [1.82, 2.24) is 4.31 Å². The van der Waals surface area contributed by atoms with E-state index in [0.717, 1.165) is 9.87 Å². The van der Waals surface area contributed by atoms with Crippen LogP contribution in [0.3, 0.4) is 0 Å². The van der Waals surface area contributed by atoms with E-state index in [0.29, 0.717) is 11.5 Å². The third-order valence-corrected chi connectivity index (χ3v) is 5.82. The Morgan fingerprint density at radius 2 is 1.63 bits per heavy atom. The average molecular weight is 394 g/mol. The third-order valence-electron chi connectivity index (χ3n) is 4.01. The molecule has 0 bridgehead atoms. The lowest BCUT2D eigenvalue weighted by molar-refractivity contribution is 0.102. The number of carbonyl (C=O) groups excluding carboxylic acids is 1. The number of nitrogens with zero attached hydrogens (tertiary/aromatic N) is 1. The van der Waals surface area contributed by atoms with Gasteiger partial charge in [0.25, 0.3) is 5.91 Å². The second kappa shape index (κ2) is 7.85. The van der Waals surface area contributed by atoms with Gasteiger partial charge >= 0.3 is 0 Å². The Morgan fingerprint density at radius 3 is 2.11 bits per heavy atom. The van der Waals surface area contributed by atoms with E-state index in [-0.39, 0.29) is 21.9 Å². The molecule has 27 heavy (non-hydrogen) atoms. The van der Waals surface area contributed by atoms with Gasteiger partial charge in [0.2, 0.25) is 10.0 Å². The van der Waals surface area contributed by atoms with Crippen LogP contribution in [0.15, 0.2) is 35.2 Å². The molecular formula is C18H22N2O6S. The van der Waals surface area contributed by atoms with Gasteiger partial charge in [-0.25, -0.2) is 12.7 Å². The number of rotatable bonds is 6. The number of sulfonamides is 1. The maximum absolute atomic E-state index is 12.6. The van der Waals surface area contributed by atoms with E-state index in [1.54, 1.807) is 6.92 Å². The van der Waals surface area contributed by atoms with Gasteiger partial charge in [0, 0.05) is 25.2 Å². The van der Waals surface area contributed by atoms with Crippen LogP contribution in [-0.2, 0) is 10.0 Å². The Hall–Kier alpha value is -2.78. The smallest absolute Gasteiger partial charge is 0.256 e. The molecule has 2 aromatic carbocycles. The first-order chi connectivity index (χ1) is 12.6. The van der Waals surface area contributed by atoms with E-state index >= 15 is 0 Å². The van der Waals surface area contributed by atoms with E-state index in [9.17, 15) is 18.3 Å². The molecule has 0 saturated carbocycles. The molecule has 0 unspecified atom stereocenters. The van der Waals surface area contributed by atoms with Gasteiger partial charge in [-0.3, -0.25) is 4.79 Å². The van der Waals surface area contributed by atoms with Gasteiger partial charge in [-0.05, 0) is 37.3 Å². The monoisotopic (exact) mass is 394 g/mol. The molecule has 2 N–H and O–H groups in total. The summed E-state index contributed by atoms with van der Waals surface area (Å²) in [7, 11) is 2.03. The highest BCUT2D eigenvalue weighted by Gasteiger charge is 2.20. The quantitative estimate of drug-likeness (QED) is 0.728. The van der Waals surface area contributed by atoms with Crippen LogP contribution in [0.5, 0.6) is 17.2 Å². The van der Waals surface area contributed by atoms with Gasteiger partial charge < -0.3 is 19.9 Å². The molecule has 0 aliphatic carbocycles. The molecule has 0 radical (unpaired) electrons. The summed E-state index contributed by atoms with van der Waals surface area (Å²) < 4.78 is 36.0. The second-order valence-electron chi connectivity index (χ2n) is 5.93. The van der Waals surface area contributed by atoms with Gasteiger partial charge in [0.05, 0.1) is 24.8 Å². The summed E-state index contributed by atoms with van der Waals surface area (Å²) in [5.41, 5.74) is 0.939. The van der Waals surface area contributed by atoms with E-state index in [4.69, 9.17) is 9.47 Å². The summed E-state index contributed by atoms with van der Waals surface area (Å²) in [5.74, 6) is 0.119. The fraction of sp³-hybridized carbons (Fsp3) is 0.278. The zero-order valence-electron chi connectivity index (χ0n) is 15.7. The van der Waals surface area contributed by atoms with Crippen LogP contribution >= 0.6 is 0 Å². The largest absolute Gasteiger partial charge is 0.506 e. The lowest BCUT2D eigenvalue weighted by atomic mass is 10.1. The molecule has 0 saturated heterocycles. The minimum absolute atomic E-state index is 0.0265. The molecule has 0 fully saturated rings. The van der Waals surface area contributed by atoms with Gasteiger partial charge in [-0.1, -0.05) is 0 Å². The van der Waals surface area contributed by atoms with Crippen LogP contribution in [0.2, 0.25) is 0 Å². The van der Waals surface area contributed by atoms with Crippen LogP contribution in [0.4, 0.5) is 5.69 Å². The van der Waals surface area contributed by atoms with Crippen LogP contribution in [0.25, 0.3) is 0 Å². The zero-order chi connectivity index (χ0) is 20.4. The van der Waals surface area contributed by atoms with E-state index in [1.807, 2.05) is 0 Å². The fourth-order valence-electron chi connectivity index (χ4n) is 2.40. The molecule has 0 atom stereocenters. The summed E-state index contributed by atoms with van der Waals surface area (Å²) in [4.78, 5) is 12.6. The lowest BCUT2D eigenvalue weighted by Gasteiger charge is -2.15. The normalized spacial score (nSPS) is 11.3. The van der Waals surface area contributed by atoms with Crippen LogP contribution in [-0.4, -0.2) is 52.1 Å². The van der Waals surface area contributed by atoms with Crippen molar-refractivity contribution in [3.8, 4) is 17.2 Å². The molecule has 0 aromatic heterocycles. The summed E-state index contributed by atoms with van der Waals surface area (Å²) >= 11 is 0. The van der Waals surface area contributed by atoms with Crippen LogP contribution in [0, 0.1) is 6.92 Å². The number of hydrogen-bond donors (Lipinski definition) is 2. The first kappa shape index (κ1) is 20.5. The van der Waals surface area contributed by atoms with Crippen molar-refractivity contribution in [3.63, 3.8) is 0 Å². The predicted octanol–water partition coefficient (Wildman–Crippen LogP) is 2.22. The average Bonchev–Trinajstić information content (AvgIpc) is 2.63. The summed E-state index contributed by atoms with van der Waals surface area (Å²) in [5, 5.41) is 12.5. The van der Waals surface area contributed by atoms with Crippen molar-refractivity contribution >= 4 is 21.6 Å². The number of methoxy groups -OCH3 is 2. The fourth-order valence-corrected chi connectivity index (χ4v) is 3.33. The molecule has 2 aromatic rings. The number of phenolic OH excluding ortho intramolecular Hbond substituents is 1. The molecular weight excluding hydrogens is 372 g/mol. The highest BCUT2D eigenvalue weighted by Crippen LogP contribution is 2.31. The molecule has 0 aliphatic rings. The predicted molar refractivity (Wildman–Crippen MR) is 101 cm³/mol. The Labute approximate surface area is 158 Å².